The third-order valence-corrected chi connectivity index (χ3v) is 7.63. The van der Waals surface area contributed by atoms with E-state index in [4.69, 9.17) is 0 Å². The normalized spacial score (nSPS) is 14.1. The van der Waals surface area contributed by atoms with Gasteiger partial charge in [-0.05, 0) is 36.4 Å². The van der Waals surface area contributed by atoms with Crippen molar-refractivity contribution >= 4 is 46.1 Å². The Hall–Kier alpha value is -1.97. The molecule has 4 rings (SSSR count). The van der Waals surface area contributed by atoms with E-state index in [1.54, 1.807) is 11.3 Å². The van der Waals surface area contributed by atoms with E-state index in [0.717, 1.165) is 33.6 Å². The quantitative estimate of drug-likeness (QED) is 0.376. The van der Waals surface area contributed by atoms with Crippen molar-refractivity contribution in [3.05, 3.63) is 39.4 Å². The number of hydrogen-bond acceptors (Lipinski definition) is 7. The number of carbonyl (C=O) groups excluding carboxylic acids is 2. The van der Waals surface area contributed by atoms with Crippen LogP contribution in [0.2, 0.25) is 0 Å². The number of amides is 1. The van der Waals surface area contributed by atoms with Gasteiger partial charge in [0, 0.05) is 16.3 Å². The van der Waals surface area contributed by atoms with Gasteiger partial charge >= 0.3 is 0 Å². The molecule has 1 N–H and O–H groups in total. The van der Waals surface area contributed by atoms with E-state index < -0.39 is 5.41 Å². The molecular weight excluding hydrogens is 436 g/mol. The molecular formula is C21H24N4O2S3. The fourth-order valence-corrected chi connectivity index (χ4v) is 5.44. The maximum absolute atomic E-state index is 12.7. The van der Waals surface area contributed by atoms with E-state index >= 15 is 0 Å². The first-order valence-electron chi connectivity index (χ1n) is 9.84. The summed E-state index contributed by atoms with van der Waals surface area (Å²) in [5.41, 5.74) is -0.425. The van der Waals surface area contributed by atoms with Crippen molar-refractivity contribution in [2.45, 2.75) is 51.4 Å². The molecule has 30 heavy (non-hydrogen) atoms. The molecule has 0 saturated heterocycles. The van der Waals surface area contributed by atoms with Crippen LogP contribution >= 0.6 is 34.4 Å². The molecule has 0 radical (unpaired) electrons. The summed E-state index contributed by atoms with van der Waals surface area (Å²) in [7, 11) is 0. The number of nitrogens with one attached hydrogen (secondary N) is 1. The fraction of sp³-hybridized carbons (Fsp3) is 0.429. The molecule has 0 atom stereocenters. The molecule has 3 heterocycles. The lowest BCUT2D eigenvalue weighted by Crippen LogP contribution is -2.34. The first-order chi connectivity index (χ1) is 14.3. The van der Waals surface area contributed by atoms with Gasteiger partial charge in [0.1, 0.15) is 0 Å². The Balaban J connectivity index is 1.38. The predicted octanol–water partition coefficient (Wildman–Crippen LogP) is 5.04. The minimum Gasteiger partial charge on any atom is -0.351 e. The Morgan fingerprint density at radius 1 is 1.23 bits per heavy atom. The van der Waals surface area contributed by atoms with Crippen molar-refractivity contribution in [2.24, 2.45) is 5.41 Å². The highest BCUT2D eigenvalue weighted by Crippen LogP contribution is 2.41. The second kappa shape index (κ2) is 8.64. The Morgan fingerprint density at radius 3 is 2.70 bits per heavy atom. The molecule has 6 nitrogen and oxygen atoms in total. The highest BCUT2D eigenvalue weighted by molar-refractivity contribution is 7.99. The van der Waals surface area contributed by atoms with Crippen LogP contribution in [0.1, 0.15) is 54.2 Å². The van der Waals surface area contributed by atoms with Crippen molar-refractivity contribution in [3.8, 4) is 10.7 Å². The summed E-state index contributed by atoms with van der Waals surface area (Å²) < 4.78 is 2.19. The number of hydrogen-bond donors (Lipinski definition) is 1. The number of ketones is 1. The van der Waals surface area contributed by atoms with Crippen LogP contribution in [0, 0.1) is 5.41 Å². The number of carbonyl (C=O) groups is 2. The molecule has 3 aromatic heterocycles. The largest absolute Gasteiger partial charge is 0.351 e. The maximum atomic E-state index is 12.7. The predicted molar refractivity (Wildman–Crippen MR) is 122 cm³/mol. The minimum atomic E-state index is -0.425. The molecule has 1 aliphatic rings. The standard InChI is InChI=1S/C21H24N4O2S3/c1-21(2,3)19(27)22-11-14-8-9-16(30-14)15(26)12-29-20-24-23-18(17-5-4-10-28-17)25(20)13-6-7-13/h4-5,8-10,13H,6-7,11-12H2,1-3H3,(H,22,27). The first kappa shape index (κ1) is 21.3. The summed E-state index contributed by atoms with van der Waals surface area (Å²) >= 11 is 4.54. The molecule has 0 aliphatic heterocycles. The monoisotopic (exact) mass is 460 g/mol. The smallest absolute Gasteiger partial charge is 0.225 e. The van der Waals surface area contributed by atoms with Gasteiger partial charge in [-0.2, -0.15) is 0 Å². The molecule has 0 unspecified atom stereocenters. The fourth-order valence-electron chi connectivity index (χ4n) is 2.87. The second-order valence-corrected chi connectivity index (χ2v) is 11.4. The summed E-state index contributed by atoms with van der Waals surface area (Å²) in [6.45, 7) is 6.09. The average molecular weight is 461 g/mol. The molecule has 0 bridgehead atoms. The molecule has 1 aliphatic carbocycles. The van der Waals surface area contributed by atoms with E-state index in [0.29, 0.717) is 23.2 Å². The van der Waals surface area contributed by atoms with Gasteiger partial charge in [-0.15, -0.1) is 32.9 Å². The van der Waals surface area contributed by atoms with Crippen LogP contribution in [0.25, 0.3) is 10.7 Å². The lowest BCUT2D eigenvalue weighted by atomic mass is 9.96. The third kappa shape index (κ3) is 4.84. The van der Waals surface area contributed by atoms with Crippen LogP contribution in [0.5, 0.6) is 0 Å². The summed E-state index contributed by atoms with van der Waals surface area (Å²) in [6, 6.07) is 8.26. The van der Waals surface area contributed by atoms with E-state index in [1.165, 1.54) is 23.1 Å². The van der Waals surface area contributed by atoms with Crippen molar-refractivity contribution in [1.82, 2.24) is 20.1 Å². The number of nitrogens with zero attached hydrogens (tertiary/aromatic N) is 3. The van der Waals surface area contributed by atoms with Crippen LogP contribution < -0.4 is 5.32 Å². The summed E-state index contributed by atoms with van der Waals surface area (Å²) in [5.74, 6) is 1.29. The lowest BCUT2D eigenvalue weighted by molar-refractivity contribution is -0.128. The van der Waals surface area contributed by atoms with Crippen LogP contribution in [-0.2, 0) is 11.3 Å². The molecule has 3 aromatic rings. The molecule has 0 aromatic carbocycles. The van der Waals surface area contributed by atoms with Crippen molar-refractivity contribution in [2.75, 3.05) is 5.75 Å². The Labute approximate surface area is 188 Å². The first-order valence-corrected chi connectivity index (χ1v) is 12.5. The highest BCUT2D eigenvalue weighted by atomic mass is 32.2. The van der Waals surface area contributed by atoms with Gasteiger partial charge in [0.2, 0.25) is 5.91 Å². The van der Waals surface area contributed by atoms with E-state index in [2.05, 4.69) is 26.1 Å². The number of aromatic nitrogens is 3. The molecule has 1 amide bonds. The minimum absolute atomic E-state index is 0.000268. The summed E-state index contributed by atoms with van der Waals surface area (Å²) in [5, 5.41) is 14.5. The van der Waals surface area contributed by atoms with E-state index in [9.17, 15) is 9.59 Å². The second-order valence-electron chi connectivity index (χ2n) is 8.30. The van der Waals surface area contributed by atoms with Gasteiger partial charge in [0.15, 0.2) is 16.8 Å². The number of rotatable bonds is 8. The van der Waals surface area contributed by atoms with Crippen molar-refractivity contribution < 1.29 is 9.59 Å². The topological polar surface area (TPSA) is 76.9 Å². The van der Waals surface area contributed by atoms with Crippen molar-refractivity contribution in [3.63, 3.8) is 0 Å². The SMILES string of the molecule is CC(C)(C)C(=O)NCc1ccc(C(=O)CSc2nnc(-c3cccs3)n2C2CC2)s1. The Kier molecular flexibility index (Phi) is 6.13. The average Bonchev–Trinajstić information content (AvgIpc) is 3.14. The molecule has 158 valence electrons. The highest BCUT2D eigenvalue weighted by Gasteiger charge is 2.30. The zero-order valence-corrected chi connectivity index (χ0v) is 19.6. The van der Waals surface area contributed by atoms with Gasteiger partial charge in [-0.25, -0.2) is 0 Å². The van der Waals surface area contributed by atoms with Gasteiger partial charge in [-0.1, -0.05) is 38.6 Å². The van der Waals surface area contributed by atoms with Gasteiger partial charge in [0.25, 0.3) is 0 Å². The van der Waals surface area contributed by atoms with Gasteiger partial charge in [0.05, 0.1) is 22.1 Å². The third-order valence-electron chi connectivity index (χ3n) is 4.69. The Morgan fingerprint density at radius 2 is 2.03 bits per heavy atom. The zero-order chi connectivity index (χ0) is 21.3. The molecule has 1 fully saturated rings. The van der Waals surface area contributed by atoms with Crippen LogP contribution in [0.3, 0.4) is 0 Å². The summed E-state index contributed by atoms with van der Waals surface area (Å²) in [4.78, 5) is 27.5. The van der Waals surface area contributed by atoms with Crippen LogP contribution in [0.4, 0.5) is 0 Å². The maximum Gasteiger partial charge on any atom is 0.225 e. The van der Waals surface area contributed by atoms with Gasteiger partial charge in [-0.3, -0.25) is 14.2 Å². The van der Waals surface area contributed by atoms with Crippen molar-refractivity contribution in [1.29, 1.82) is 0 Å². The number of thioether (sulfide) groups is 1. The van der Waals surface area contributed by atoms with Gasteiger partial charge < -0.3 is 5.32 Å². The van der Waals surface area contributed by atoms with Crippen LogP contribution in [0.15, 0.2) is 34.8 Å². The van der Waals surface area contributed by atoms with Crippen LogP contribution in [-0.4, -0.2) is 32.2 Å². The summed E-state index contributed by atoms with van der Waals surface area (Å²) in [6.07, 6.45) is 2.26. The number of Topliss-reactive ketones (excluding diaryl/α,β-unsaturated/α-hetero) is 1. The van der Waals surface area contributed by atoms with E-state index in [1.807, 2.05) is 44.4 Å². The number of thiophene rings is 2. The Bertz CT molecular complexity index is 1040. The zero-order valence-electron chi connectivity index (χ0n) is 17.2. The molecule has 0 spiro atoms. The molecule has 9 heteroatoms. The lowest BCUT2D eigenvalue weighted by Gasteiger charge is -2.17. The molecule has 1 saturated carbocycles. The van der Waals surface area contributed by atoms with E-state index in [-0.39, 0.29) is 11.7 Å².